The normalized spacial score (nSPS) is 21.7. The Morgan fingerprint density at radius 1 is 0.529 bits per heavy atom. The van der Waals surface area contributed by atoms with Crippen LogP contribution in [0.4, 0.5) is 0 Å². The summed E-state index contributed by atoms with van der Waals surface area (Å²) in [4.78, 5) is 0. The Hall–Kier alpha value is 1.32. The highest BCUT2D eigenvalue weighted by atomic mass is 29.3. The molecule has 0 N–H and O–H groups in total. The zero-order valence-electron chi connectivity index (χ0n) is 24.1. The second kappa shape index (κ2) is 13.9. The lowest BCUT2D eigenvalue weighted by atomic mass is 10.0. The maximum Gasteiger partial charge on any atom is 0.473 e. The minimum absolute atomic E-state index is 0.448. The summed E-state index contributed by atoms with van der Waals surface area (Å²) >= 11 is 0. The Bertz CT molecular complexity index is 586. The van der Waals surface area contributed by atoms with E-state index >= 15 is 0 Å². The zero-order valence-corrected chi connectivity index (χ0v) is 31.7. The van der Waals surface area contributed by atoms with Crippen LogP contribution in [0.2, 0.25) is 76.6 Å². The molecular formula is C22H56O5Si7. The maximum atomic E-state index is 7.48. The van der Waals surface area contributed by atoms with Crippen molar-refractivity contribution in [3.05, 3.63) is 0 Å². The van der Waals surface area contributed by atoms with Gasteiger partial charge in [-0.25, -0.2) is 0 Å². The Morgan fingerprint density at radius 3 is 1.32 bits per heavy atom. The van der Waals surface area contributed by atoms with Gasteiger partial charge in [0, 0.05) is 5.54 Å². The van der Waals surface area contributed by atoms with Gasteiger partial charge in [0.05, 0.1) is 8.31 Å². The fourth-order valence-electron chi connectivity index (χ4n) is 6.01. The van der Waals surface area contributed by atoms with E-state index in [2.05, 4.69) is 65.5 Å². The summed E-state index contributed by atoms with van der Waals surface area (Å²) in [6, 6.07) is 0. The molecule has 0 spiro atoms. The van der Waals surface area contributed by atoms with Gasteiger partial charge in [0.1, 0.15) is 0 Å². The van der Waals surface area contributed by atoms with E-state index in [0.29, 0.717) is 11.1 Å². The third-order valence-corrected chi connectivity index (χ3v) is 36.6. The average Bonchev–Trinajstić information content (AvgIpc) is 2.72. The molecule has 0 aromatic heterocycles. The lowest BCUT2D eigenvalue weighted by Gasteiger charge is -2.50. The topological polar surface area (TPSA) is 46.2 Å². The fraction of sp³-hybridized carbons (Fsp3) is 1.00. The monoisotopic (exact) mass is 596 g/mol. The van der Waals surface area contributed by atoms with Crippen LogP contribution in [0.5, 0.6) is 0 Å². The van der Waals surface area contributed by atoms with Crippen LogP contribution in [0.1, 0.15) is 64.2 Å². The molecule has 0 bridgehead atoms. The van der Waals surface area contributed by atoms with Crippen molar-refractivity contribution in [2.24, 2.45) is 0 Å². The first-order valence-electron chi connectivity index (χ1n) is 14.3. The second-order valence-corrected chi connectivity index (χ2v) is 38.3. The Labute approximate surface area is 221 Å². The molecule has 0 aliphatic heterocycles. The molecule has 34 heavy (non-hydrogen) atoms. The Balaban J connectivity index is 2.43. The molecule has 2 rings (SSSR count). The van der Waals surface area contributed by atoms with Crippen LogP contribution in [-0.2, 0) is 20.6 Å². The van der Waals surface area contributed by atoms with Crippen molar-refractivity contribution in [3.63, 3.8) is 0 Å². The van der Waals surface area contributed by atoms with E-state index < -0.39 is 60.9 Å². The fourth-order valence-corrected chi connectivity index (χ4v) is 45.5. The molecule has 2 aliphatic rings. The molecule has 1 atom stereocenters. The van der Waals surface area contributed by atoms with Crippen LogP contribution in [0, 0.1) is 0 Å². The van der Waals surface area contributed by atoms with Gasteiger partial charge in [-0.05, 0) is 83.6 Å². The third kappa shape index (κ3) is 8.96. The first kappa shape index (κ1) is 31.5. The summed E-state index contributed by atoms with van der Waals surface area (Å²) in [6.07, 6.45) is 12.9. The summed E-state index contributed by atoms with van der Waals surface area (Å²) in [7, 11) is -12.8. The molecule has 0 radical (unpaired) electrons. The van der Waals surface area contributed by atoms with E-state index in [-0.39, 0.29) is 0 Å². The van der Waals surface area contributed by atoms with Crippen LogP contribution >= 0.6 is 0 Å². The largest absolute Gasteiger partial charge is 0.473 e. The van der Waals surface area contributed by atoms with Gasteiger partial charge in [-0.2, -0.15) is 0 Å². The Morgan fingerprint density at radius 2 is 0.941 bits per heavy atom. The molecule has 0 aromatic rings. The van der Waals surface area contributed by atoms with Gasteiger partial charge >= 0.3 is 17.4 Å². The highest BCUT2D eigenvalue weighted by Crippen LogP contribution is 2.44. The molecule has 5 nitrogen and oxygen atoms in total. The van der Waals surface area contributed by atoms with Gasteiger partial charge in [0.2, 0.25) is 0 Å². The standard InChI is InChI=1S/C22H56O5Si7/c1-28(2)23-33(24-29(3)4,21-17-13-11-14-18-21)26-32(9,10)27-34(31(7)8,25-30(5)6)22-19-15-12-16-20-22/h21-22,28-31H,11-20H2,1-10H3. The summed E-state index contributed by atoms with van der Waals surface area (Å²) in [6.45, 7) is 23.4. The van der Waals surface area contributed by atoms with Crippen molar-refractivity contribution in [1.29, 1.82) is 0 Å². The van der Waals surface area contributed by atoms with Crippen molar-refractivity contribution in [1.82, 2.24) is 0 Å². The van der Waals surface area contributed by atoms with Crippen molar-refractivity contribution in [2.75, 3.05) is 0 Å². The van der Waals surface area contributed by atoms with E-state index in [1.54, 1.807) is 0 Å². The molecule has 2 fully saturated rings. The van der Waals surface area contributed by atoms with Gasteiger partial charge in [-0.1, -0.05) is 51.6 Å². The predicted molar refractivity (Wildman–Crippen MR) is 164 cm³/mol. The molecule has 1 unspecified atom stereocenters. The van der Waals surface area contributed by atoms with Crippen LogP contribution < -0.4 is 0 Å². The molecule has 202 valence electrons. The molecule has 0 heterocycles. The van der Waals surface area contributed by atoms with Gasteiger partial charge in [0.25, 0.3) is 8.08 Å². The summed E-state index contributed by atoms with van der Waals surface area (Å²) in [5.41, 5.74) is 1.09. The quantitative estimate of drug-likeness (QED) is 0.232. The van der Waals surface area contributed by atoms with Crippen molar-refractivity contribution in [2.45, 2.75) is 141 Å². The third-order valence-electron chi connectivity index (χ3n) is 7.10. The average molecular weight is 597 g/mol. The van der Waals surface area contributed by atoms with E-state index in [0.717, 1.165) is 0 Å². The molecule has 2 aliphatic carbocycles. The van der Waals surface area contributed by atoms with E-state index in [1.165, 1.54) is 64.2 Å². The van der Waals surface area contributed by atoms with Crippen LogP contribution in [0.25, 0.3) is 0 Å². The first-order chi connectivity index (χ1) is 15.8. The number of rotatable bonds is 13. The van der Waals surface area contributed by atoms with E-state index in [9.17, 15) is 0 Å². The zero-order chi connectivity index (χ0) is 25.6. The maximum absolute atomic E-state index is 7.48. The molecule has 12 heteroatoms. The summed E-state index contributed by atoms with van der Waals surface area (Å²) in [5, 5.41) is 0. The van der Waals surface area contributed by atoms with E-state index in [1.807, 2.05) is 0 Å². The number of hydrogen-bond donors (Lipinski definition) is 0. The molecule has 2 saturated carbocycles. The van der Waals surface area contributed by atoms with Gasteiger partial charge in [0.15, 0.2) is 27.1 Å². The Kier molecular flexibility index (Phi) is 12.9. The van der Waals surface area contributed by atoms with Crippen molar-refractivity contribution >= 4 is 60.9 Å². The predicted octanol–water partition coefficient (Wildman–Crippen LogP) is 6.34. The molecule has 0 aromatic carbocycles. The molecule has 0 saturated heterocycles. The number of hydrogen-bond acceptors (Lipinski definition) is 5. The highest BCUT2D eigenvalue weighted by Gasteiger charge is 2.58. The first-order valence-corrected chi connectivity index (χ1v) is 33.2. The molecular weight excluding hydrogens is 541 g/mol. The summed E-state index contributed by atoms with van der Waals surface area (Å²) < 4.78 is 35.8. The summed E-state index contributed by atoms with van der Waals surface area (Å²) in [5.74, 6) is 0. The van der Waals surface area contributed by atoms with E-state index in [4.69, 9.17) is 20.6 Å². The van der Waals surface area contributed by atoms with Gasteiger partial charge in [-0.15, -0.1) is 0 Å². The van der Waals surface area contributed by atoms with Crippen molar-refractivity contribution in [3.8, 4) is 0 Å². The van der Waals surface area contributed by atoms with Gasteiger partial charge in [-0.3, -0.25) is 0 Å². The minimum atomic E-state index is -2.83. The minimum Gasteiger partial charge on any atom is -0.442 e. The smallest absolute Gasteiger partial charge is 0.442 e. The lowest BCUT2D eigenvalue weighted by Crippen LogP contribution is -2.68. The van der Waals surface area contributed by atoms with Crippen LogP contribution in [0.15, 0.2) is 0 Å². The molecule has 0 amide bonds. The van der Waals surface area contributed by atoms with Gasteiger partial charge < -0.3 is 20.6 Å². The SMILES string of the molecule is C[SiH](C)O[Si](O[SiH](C)C)(O[Si](C)(C)O[Si](O[SiH](C)C)(C1CCCCC1)[SiH](C)C)C1CCCCC1. The second-order valence-electron chi connectivity index (χ2n) is 12.3. The highest BCUT2D eigenvalue weighted by molar-refractivity contribution is 7.29. The van der Waals surface area contributed by atoms with Crippen LogP contribution in [0.3, 0.4) is 0 Å². The van der Waals surface area contributed by atoms with Crippen molar-refractivity contribution < 1.29 is 20.6 Å². The lowest BCUT2D eigenvalue weighted by molar-refractivity contribution is 0.200. The van der Waals surface area contributed by atoms with Crippen LogP contribution in [-0.4, -0.2) is 60.9 Å².